The molecular formula is C27H30N2O6. The van der Waals surface area contributed by atoms with Gasteiger partial charge in [-0.3, -0.25) is 24.1 Å². The summed E-state index contributed by atoms with van der Waals surface area (Å²) >= 11 is 0. The molecule has 2 aromatic rings. The molecule has 184 valence electrons. The van der Waals surface area contributed by atoms with E-state index in [0.717, 1.165) is 23.3 Å². The van der Waals surface area contributed by atoms with Crippen LogP contribution in [0.2, 0.25) is 0 Å². The van der Waals surface area contributed by atoms with Gasteiger partial charge in [-0.05, 0) is 31.0 Å². The first-order chi connectivity index (χ1) is 17.0. The number of nitrogens with zero attached hydrogens (tertiary/aromatic N) is 2. The molecule has 2 aromatic carbocycles. The van der Waals surface area contributed by atoms with Crippen molar-refractivity contribution in [3.8, 4) is 5.75 Å². The summed E-state index contributed by atoms with van der Waals surface area (Å²) in [6.07, 6.45) is 2.35. The van der Waals surface area contributed by atoms with E-state index >= 15 is 0 Å². The predicted octanol–water partition coefficient (Wildman–Crippen LogP) is 3.61. The minimum Gasteiger partial charge on any atom is -0.496 e. The van der Waals surface area contributed by atoms with Crippen LogP contribution in [0.25, 0.3) is 0 Å². The summed E-state index contributed by atoms with van der Waals surface area (Å²) in [5.74, 6) is -1.19. The van der Waals surface area contributed by atoms with E-state index in [1.54, 1.807) is 36.3 Å². The average Bonchev–Trinajstić information content (AvgIpc) is 3.12. The van der Waals surface area contributed by atoms with Crippen LogP contribution >= 0.6 is 0 Å². The van der Waals surface area contributed by atoms with E-state index in [9.17, 15) is 19.2 Å². The standard InChI is InChI=1S/C27H30N2O6/c1-3-4-15-28-23(30)14-13-21(24(28)20-11-7-8-12-22(20)34-2)27(33)35-17-16-29-25(31)18-9-5-6-10-19(18)26(29)32/h5-12,21,24H,3-4,13-17H2,1-2H3/t21-,24+/m1/s1. The second-order valence-corrected chi connectivity index (χ2v) is 8.75. The molecule has 2 aliphatic rings. The number of unbranched alkanes of at least 4 members (excludes halogenated alkanes) is 1. The number of carbonyl (C=O) groups is 4. The number of amides is 3. The third-order valence-corrected chi connectivity index (χ3v) is 6.66. The van der Waals surface area contributed by atoms with Gasteiger partial charge in [0.25, 0.3) is 11.8 Å². The van der Waals surface area contributed by atoms with Gasteiger partial charge in [0, 0.05) is 18.5 Å². The van der Waals surface area contributed by atoms with Crippen molar-refractivity contribution >= 4 is 23.7 Å². The van der Waals surface area contributed by atoms with E-state index in [4.69, 9.17) is 9.47 Å². The molecule has 0 spiro atoms. The first-order valence-corrected chi connectivity index (χ1v) is 12.0. The number of fused-ring (bicyclic) bond motifs is 1. The van der Waals surface area contributed by atoms with Crippen molar-refractivity contribution in [1.29, 1.82) is 0 Å². The summed E-state index contributed by atoms with van der Waals surface area (Å²) in [4.78, 5) is 54.2. The van der Waals surface area contributed by atoms with E-state index < -0.39 is 17.9 Å². The Morgan fingerprint density at radius 1 is 0.971 bits per heavy atom. The van der Waals surface area contributed by atoms with Gasteiger partial charge in [-0.15, -0.1) is 0 Å². The second-order valence-electron chi connectivity index (χ2n) is 8.75. The molecule has 0 unspecified atom stereocenters. The summed E-state index contributed by atoms with van der Waals surface area (Å²) in [6.45, 7) is 2.46. The zero-order valence-electron chi connectivity index (χ0n) is 20.1. The Labute approximate surface area is 204 Å². The lowest BCUT2D eigenvalue weighted by atomic mass is 9.83. The molecule has 2 heterocycles. The summed E-state index contributed by atoms with van der Waals surface area (Å²) in [7, 11) is 1.56. The number of imide groups is 1. The van der Waals surface area contributed by atoms with Crippen LogP contribution in [0.15, 0.2) is 48.5 Å². The number of rotatable bonds is 9. The lowest BCUT2D eigenvalue weighted by molar-refractivity contribution is -0.157. The van der Waals surface area contributed by atoms with Crippen molar-refractivity contribution in [3.05, 3.63) is 65.2 Å². The van der Waals surface area contributed by atoms with Crippen molar-refractivity contribution in [2.24, 2.45) is 5.92 Å². The Morgan fingerprint density at radius 2 is 1.63 bits per heavy atom. The van der Waals surface area contributed by atoms with Crippen LogP contribution in [0.5, 0.6) is 5.75 Å². The van der Waals surface area contributed by atoms with Gasteiger partial charge < -0.3 is 14.4 Å². The summed E-state index contributed by atoms with van der Waals surface area (Å²) in [5, 5.41) is 0. The zero-order valence-corrected chi connectivity index (χ0v) is 20.1. The number of carbonyl (C=O) groups excluding carboxylic acids is 4. The number of ether oxygens (including phenoxy) is 2. The van der Waals surface area contributed by atoms with Gasteiger partial charge in [0.1, 0.15) is 12.4 Å². The molecule has 4 rings (SSSR count). The SMILES string of the molecule is CCCCN1C(=O)CC[C@@H](C(=O)OCCN2C(=O)c3ccccc3C2=O)[C@@H]1c1ccccc1OC. The molecule has 1 saturated heterocycles. The first-order valence-electron chi connectivity index (χ1n) is 12.0. The van der Waals surface area contributed by atoms with E-state index in [1.165, 1.54) is 0 Å². The van der Waals surface area contributed by atoms with Crippen LogP contribution in [0.4, 0.5) is 0 Å². The fourth-order valence-corrected chi connectivity index (χ4v) is 4.87. The molecule has 8 nitrogen and oxygen atoms in total. The van der Waals surface area contributed by atoms with Crippen molar-refractivity contribution in [2.45, 2.75) is 38.6 Å². The van der Waals surface area contributed by atoms with Crippen molar-refractivity contribution in [2.75, 3.05) is 26.8 Å². The Balaban J connectivity index is 1.49. The molecule has 0 N–H and O–H groups in total. The Morgan fingerprint density at radius 3 is 2.29 bits per heavy atom. The minimum atomic E-state index is -0.581. The molecule has 3 amide bonds. The van der Waals surface area contributed by atoms with Gasteiger partial charge in [0.15, 0.2) is 0 Å². The number of benzene rings is 2. The van der Waals surface area contributed by atoms with Crippen LogP contribution in [0.3, 0.4) is 0 Å². The highest BCUT2D eigenvalue weighted by Crippen LogP contribution is 2.41. The van der Waals surface area contributed by atoms with E-state index in [0.29, 0.717) is 29.8 Å². The molecule has 0 radical (unpaired) electrons. The lowest BCUT2D eigenvalue weighted by Crippen LogP contribution is -2.46. The molecule has 2 aliphatic heterocycles. The average molecular weight is 479 g/mol. The first kappa shape index (κ1) is 24.4. The van der Waals surface area contributed by atoms with Gasteiger partial charge >= 0.3 is 5.97 Å². The highest BCUT2D eigenvalue weighted by Gasteiger charge is 2.42. The van der Waals surface area contributed by atoms with Crippen LogP contribution in [-0.2, 0) is 14.3 Å². The maximum absolute atomic E-state index is 13.3. The smallest absolute Gasteiger partial charge is 0.311 e. The number of hydrogen-bond donors (Lipinski definition) is 0. The Bertz CT molecular complexity index is 1100. The largest absolute Gasteiger partial charge is 0.496 e. The van der Waals surface area contributed by atoms with Gasteiger partial charge in [0.05, 0.1) is 36.7 Å². The Kier molecular flexibility index (Phi) is 7.48. The highest BCUT2D eigenvalue weighted by atomic mass is 16.5. The second kappa shape index (κ2) is 10.7. The maximum atomic E-state index is 13.3. The van der Waals surface area contributed by atoms with Gasteiger partial charge in [0.2, 0.25) is 5.91 Å². The van der Waals surface area contributed by atoms with E-state index in [1.807, 2.05) is 24.3 Å². The molecular weight excluding hydrogens is 448 g/mol. The monoisotopic (exact) mass is 478 g/mol. The number of methoxy groups -OCH3 is 1. The van der Waals surface area contributed by atoms with E-state index in [2.05, 4.69) is 6.92 Å². The van der Waals surface area contributed by atoms with Crippen molar-refractivity contribution in [3.63, 3.8) is 0 Å². The Hall–Kier alpha value is -3.68. The molecule has 1 fully saturated rings. The number of likely N-dealkylation sites (tertiary alicyclic amines) is 1. The predicted molar refractivity (Wildman–Crippen MR) is 128 cm³/mol. The third-order valence-electron chi connectivity index (χ3n) is 6.66. The molecule has 0 saturated carbocycles. The number of hydrogen-bond acceptors (Lipinski definition) is 6. The molecule has 0 aromatic heterocycles. The molecule has 2 atom stereocenters. The highest BCUT2D eigenvalue weighted by molar-refractivity contribution is 6.21. The summed E-state index contributed by atoms with van der Waals surface area (Å²) in [6, 6.07) is 13.5. The van der Waals surface area contributed by atoms with Crippen molar-refractivity contribution < 1.29 is 28.7 Å². The molecule has 0 aliphatic carbocycles. The van der Waals surface area contributed by atoms with Crippen LogP contribution in [-0.4, -0.2) is 60.3 Å². The number of esters is 1. The summed E-state index contributed by atoms with van der Waals surface area (Å²) < 4.78 is 11.1. The normalized spacial score (nSPS) is 19.7. The molecule has 0 bridgehead atoms. The van der Waals surface area contributed by atoms with Crippen LogP contribution in [0.1, 0.15) is 64.9 Å². The fourth-order valence-electron chi connectivity index (χ4n) is 4.87. The van der Waals surface area contributed by atoms with Crippen molar-refractivity contribution in [1.82, 2.24) is 9.80 Å². The van der Waals surface area contributed by atoms with Crippen LogP contribution in [0, 0.1) is 5.92 Å². The zero-order chi connectivity index (χ0) is 24.9. The molecule has 8 heteroatoms. The van der Waals surface area contributed by atoms with Gasteiger partial charge in [-0.2, -0.15) is 0 Å². The number of piperidine rings is 1. The fraction of sp³-hybridized carbons (Fsp3) is 0.407. The molecule has 35 heavy (non-hydrogen) atoms. The summed E-state index contributed by atoms with van der Waals surface area (Å²) in [5.41, 5.74) is 1.48. The van der Waals surface area contributed by atoms with Gasteiger partial charge in [-0.1, -0.05) is 43.7 Å². The quantitative estimate of drug-likeness (QED) is 0.404. The minimum absolute atomic E-state index is 0.00410. The maximum Gasteiger partial charge on any atom is 0.311 e. The third kappa shape index (κ3) is 4.78. The topological polar surface area (TPSA) is 93.2 Å². The number of para-hydroxylation sites is 1. The van der Waals surface area contributed by atoms with E-state index in [-0.39, 0.29) is 37.3 Å². The van der Waals surface area contributed by atoms with Crippen LogP contribution < -0.4 is 4.74 Å². The van der Waals surface area contributed by atoms with Gasteiger partial charge in [-0.25, -0.2) is 0 Å². The lowest BCUT2D eigenvalue weighted by Gasteiger charge is -2.41.